The summed E-state index contributed by atoms with van der Waals surface area (Å²) < 4.78 is 53.7. The van der Waals surface area contributed by atoms with E-state index in [4.69, 9.17) is 0 Å². The van der Waals surface area contributed by atoms with Gasteiger partial charge < -0.3 is 0 Å². The summed E-state index contributed by atoms with van der Waals surface area (Å²) in [6.45, 7) is 0. The van der Waals surface area contributed by atoms with Crippen LogP contribution in [0.2, 0.25) is 0 Å². The van der Waals surface area contributed by atoms with E-state index in [0.29, 0.717) is 0 Å². The molecule has 74 valence electrons. The number of rotatable bonds is 4. The molecule has 1 N–H and O–H groups in total. The van der Waals surface area contributed by atoms with Crippen LogP contribution in [0.25, 0.3) is 0 Å². The predicted molar refractivity (Wildman–Crippen MR) is 40.6 cm³/mol. The minimum atomic E-state index is -5.19. The monoisotopic (exact) mass is 220 g/mol. The molecule has 0 saturated heterocycles. The summed E-state index contributed by atoms with van der Waals surface area (Å²) in [4.78, 5) is 1.19. The molecule has 0 atom stereocenters. The zero-order chi connectivity index (χ0) is 9.99. The maximum atomic E-state index is 11.8. The fraction of sp³-hybridized carbons (Fsp3) is 1.00. The standard InChI is InChI=1S/C3H9FN2O4S2/c1-6(2)3-11(7,8)5-12(4,9)10/h5H,3H2,1-2H3. The molecule has 0 heterocycles. The van der Waals surface area contributed by atoms with E-state index in [2.05, 4.69) is 0 Å². The predicted octanol–water partition coefficient (Wildman–Crippen LogP) is -1.36. The van der Waals surface area contributed by atoms with E-state index < -0.39 is 26.3 Å². The first-order valence-electron chi connectivity index (χ1n) is 2.73. The van der Waals surface area contributed by atoms with E-state index in [-0.39, 0.29) is 0 Å². The van der Waals surface area contributed by atoms with E-state index in [1.54, 1.807) is 0 Å². The van der Waals surface area contributed by atoms with Crippen molar-refractivity contribution in [2.45, 2.75) is 0 Å². The van der Waals surface area contributed by atoms with Gasteiger partial charge in [-0.3, -0.25) is 4.90 Å². The van der Waals surface area contributed by atoms with Crippen LogP contribution in [-0.2, 0) is 20.4 Å². The van der Waals surface area contributed by atoms with Gasteiger partial charge >= 0.3 is 10.4 Å². The lowest BCUT2D eigenvalue weighted by atomic mass is 11.0. The fourth-order valence-corrected chi connectivity index (χ4v) is 2.62. The maximum Gasteiger partial charge on any atom is 0.385 e. The lowest BCUT2D eigenvalue weighted by Crippen LogP contribution is -2.35. The zero-order valence-corrected chi connectivity index (χ0v) is 8.11. The summed E-state index contributed by atoms with van der Waals surface area (Å²) in [6, 6.07) is 0. The Hall–Kier alpha value is -0.250. The van der Waals surface area contributed by atoms with Gasteiger partial charge in [0.25, 0.3) is 0 Å². The number of hydrogen-bond donors (Lipinski definition) is 1. The van der Waals surface area contributed by atoms with Crippen molar-refractivity contribution >= 4 is 20.4 Å². The molecule has 0 fully saturated rings. The Labute approximate surface area is 70.8 Å². The average Bonchev–Trinajstić information content (AvgIpc) is 1.48. The third-order valence-corrected chi connectivity index (χ3v) is 3.32. The molecule has 0 bridgehead atoms. The summed E-state index contributed by atoms with van der Waals surface area (Å²) in [7, 11) is -6.50. The second kappa shape index (κ2) is 3.64. The third kappa shape index (κ3) is 6.46. The molecule has 0 aromatic heterocycles. The molecule has 6 nitrogen and oxygen atoms in total. The number of nitrogens with zero attached hydrogens (tertiary/aromatic N) is 1. The Balaban J connectivity index is 4.47. The summed E-state index contributed by atoms with van der Waals surface area (Å²) in [5.74, 6) is -0.587. The number of hydrogen-bond acceptors (Lipinski definition) is 5. The van der Waals surface area contributed by atoms with Crippen molar-refractivity contribution in [3.05, 3.63) is 0 Å². The number of sulfonamides is 1. The van der Waals surface area contributed by atoms with E-state index in [9.17, 15) is 20.7 Å². The molecule has 12 heavy (non-hydrogen) atoms. The molecular weight excluding hydrogens is 211 g/mol. The minimum absolute atomic E-state index is 0.587. The van der Waals surface area contributed by atoms with Crippen LogP contribution >= 0.6 is 0 Å². The zero-order valence-electron chi connectivity index (χ0n) is 6.48. The van der Waals surface area contributed by atoms with Gasteiger partial charge in [0.05, 0.1) is 0 Å². The van der Waals surface area contributed by atoms with E-state index in [1.807, 2.05) is 0 Å². The minimum Gasteiger partial charge on any atom is -0.295 e. The van der Waals surface area contributed by atoms with Gasteiger partial charge in [0.1, 0.15) is 5.88 Å². The van der Waals surface area contributed by atoms with Crippen molar-refractivity contribution < 1.29 is 20.7 Å². The van der Waals surface area contributed by atoms with Crippen molar-refractivity contribution in [2.24, 2.45) is 0 Å². The Morgan fingerprint density at radius 3 is 1.92 bits per heavy atom. The van der Waals surface area contributed by atoms with Crippen LogP contribution in [0.5, 0.6) is 0 Å². The summed E-state index contributed by atoms with van der Waals surface area (Å²) >= 11 is 0. The topological polar surface area (TPSA) is 83.6 Å². The van der Waals surface area contributed by atoms with Gasteiger partial charge in [-0.1, -0.05) is 8.01 Å². The highest BCUT2D eigenvalue weighted by Gasteiger charge is 2.19. The summed E-state index contributed by atoms with van der Waals surface area (Å²) in [5, 5.41) is 0. The van der Waals surface area contributed by atoms with Gasteiger partial charge in [-0.15, -0.1) is 0 Å². The Morgan fingerprint density at radius 2 is 1.67 bits per heavy atom. The Bertz CT molecular complexity index is 331. The second-order valence-electron chi connectivity index (χ2n) is 2.34. The average molecular weight is 220 g/mol. The van der Waals surface area contributed by atoms with Crippen molar-refractivity contribution in [1.82, 2.24) is 9.03 Å². The SMILES string of the molecule is CN(C)CS(=O)(=O)NS(=O)(=O)F. The van der Waals surface area contributed by atoms with Crippen LogP contribution in [0.15, 0.2) is 0 Å². The smallest absolute Gasteiger partial charge is 0.295 e. The third-order valence-electron chi connectivity index (χ3n) is 0.655. The van der Waals surface area contributed by atoms with Crippen LogP contribution in [0.4, 0.5) is 3.89 Å². The van der Waals surface area contributed by atoms with E-state index >= 15 is 0 Å². The van der Waals surface area contributed by atoms with E-state index in [0.717, 1.165) is 4.13 Å². The van der Waals surface area contributed by atoms with Crippen LogP contribution in [0.1, 0.15) is 0 Å². The Morgan fingerprint density at radius 1 is 1.25 bits per heavy atom. The highest BCUT2D eigenvalue weighted by molar-refractivity contribution is 8.02. The molecule has 0 saturated carbocycles. The van der Waals surface area contributed by atoms with Crippen molar-refractivity contribution in [1.29, 1.82) is 0 Å². The van der Waals surface area contributed by atoms with Crippen LogP contribution < -0.4 is 4.13 Å². The molecule has 0 aliphatic rings. The first-order valence-corrected chi connectivity index (χ1v) is 5.76. The molecule has 0 amide bonds. The van der Waals surface area contributed by atoms with Gasteiger partial charge in [-0.25, -0.2) is 8.42 Å². The first kappa shape index (κ1) is 11.8. The number of nitrogens with one attached hydrogen (secondary N) is 1. The molecule has 0 aliphatic carbocycles. The van der Waals surface area contributed by atoms with Gasteiger partial charge in [0, 0.05) is 0 Å². The molecule has 0 aliphatic heterocycles. The number of halogens is 1. The quantitative estimate of drug-likeness (QED) is 0.591. The lowest BCUT2D eigenvalue weighted by Gasteiger charge is -2.08. The normalized spacial score (nSPS) is 13.7. The summed E-state index contributed by atoms with van der Waals surface area (Å²) in [5.41, 5.74) is 0. The van der Waals surface area contributed by atoms with Gasteiger partial charge in [0.15, 0.2) is 0 Å². The molecule has 0 radical (unpaired) electrons. The van der Waals surface area contributed by atoms with Gasteiger partial charge in [-0.05, 0) is 14.1 Å². The molecular formula is C3H9FN2O4S2. The largest absolute Gasteiger partial charge is 0.385 e. The van der Waals surface area contributed by atoms with E-state index in [1.165, 1.54) is 19.0 Å². The molecule has 9 heteroatoms. The van der Waals surface area contributed by atoms with Crippen LogP contribution in [-0.4, -0.2) is 41.7 Å². The molecule has 0 aromatic rings. The van der Waals surface area contributed by atoms with Gasteiger partial charge in [0.2, 0.25) is 10.0 Å². The van der Waals surface area contributed by atoms with Crippen LogP contribution in [0, 0.1) is 0 Å². The van der Waals surface area contributed by atoms with Crippen LogP contribution in [0.3, 0.4) is 0 Å². The van der Waals surface area contributed by atoms with Gasteiger partial charge in [-0.2, -0.15) is 8.42 Å². The molecule has 0 aromatic carbocycles. The van der Waals surface area contributed by atoms with Crippen molar-refractivity contribution in [3.8, 4) is 0 Å². The summed E-state index contributed by atoms with van der Waals surface area (Å²) in [6.07, 6.45) is 0. The fourth-order valence-electron chi connectivity index (χ4n) is 0.518. The van der Waals surface area contributed by atoms with Crippen molar-refractivity contribution in [3.63, 3.8) is 0 Å². The molecule has 0 unspecified atom stereocenters. The Kier molecular flexibility index (Phi) is 3.57. The highest BCUT2D eigenvalue weighted by Crippen LogP contribution is 1.92. The molecule has 0 rings (SSSR count). The molecule has 0 spiro atoms. The maximum absolute atomic E-state index is 11.8. The first-order chi connectivity index (χ1) is 5.12. The lowest BCUT2D eigenvalue weighted by molar-refractivity contribution is 0.459. The van der Waals surface area contributed by atoms with Crippen molar-refractivity contribution in [2.75, 3.05) is 20.0 Å². The highest BCUT2D eigenvalue weighted by atomic mass is 32.3. The second-order valence-corrected chi connectivity index (χ2v) is 5.37.